The lowest BCUT2D eigenvalue weighted by atomic mass is 10.2. The van der Waals surface area contributed by atoms with Gasteiger partial charge in [0.15, 0.2) is 0 Å². The number of halogens is 1. The Hall–Kier alpha value is -1.26. The minimum Gasteiger partial charge on any atom is -0.487 e. The van der Waals surface area contributed by atoms with Gasteiger partial charge in [0.05, 0.1) is 11.6 Å². The number of carbonyl (C=O) groups is 1. The molecular weight excluding hydrogens is 264 g/mol. The second-order valence-corrected chi connectivity index (χ2v) is 5.09. The van der Waals surface area contributed by atoms with Crippen LogP contribution in [0.15, 0.2) is 24.3 Å². The van der Waals surface area contributed by atoms with Crippen LogP contribution in [0.2, 0.25) is 5.02 Å². The van der Waals surface area contributed by atoms with Crippen LogP contribution in [0.4, 0.5) is 0 Å². The van der Waals surface area contributed by atoms with Crippen molar-refractivity contribution in [2.45, 2.75) is 38.8 Å². The molecule has 0 aliphatic heterocycles. The third-order valence-electron chi connectivity index (χ3n) is 2.58. The first kappa shape index (κ1) is 15.8. The van der Waals surface area contributed by atoms with Crippen LogP contribution >= 0.6 is 11.6 Å². The van der Waals surface area contributed by atoms with E-state index in [9.17, 15) is 4.79 Å². The topological polar surface area (TPSA) is 64.4 Å². The van der Waals surface area contributed by atoms with E-state index < -0.39 is 0 Å². The Kier molecular flexibility index (Phi) is 6.67. The van der Waals surface area contributed by atoms with Crippen LogP contribution < -0.4 is 15.8 Å². The zero-order valence-corrected chi connectivity index (χ0v) is 12.1. The number of nitrogens with one attached hydrogen (secondary N) is 1. The fourth-order valence-corrected chi connectivity index (χ4v) is 1.68. The summed E-state index contributed by atoms with van der Waals surface area (Å²) < 4.78 is 5.65. The van der Waals surface area contributed by atoms with E-state index in [-0.39, 0.29) is 18.1 Å². The van der Waals surface area contributed by atoms with Gasteiger partial charge in [-0.15, -0.1) is 0 Å². The quantitative estimate of drug-likeness (QED) is 0.808. The molecule has 0 fully saturated rings. The summed E-state index contributed by atoms with van der Waals surface area (Å²) in [6.45, 7) is 4.22. The molecule has 0 radical (unpaired) electrons. The average Bonchev–Trinajstić information content (AvgIpc) is 2.36. The minimum absolute atomic E-state index is 0.00749. The van der Waals surface area contributed by atoms with E-state index in [0.29, 0.717) is 30.2 Å². The summed E-state index contributed by atoms with van der Waals surface area (Å²) in [5.74, 6) is 0.619. The van der Waals surface area contributed by atoms with E-state index in [4.69, 9.17) is 22.1 Å². The van der Waals surface area contributed by atoms with Gasteiger partial charge in [-0.05, 0) is 32.4 Å². The average molecular weight is 285 g/mol. The number of hydrogen-bond donors (Lipinski definition) is 2. The van der Waals surface area contributed by atoms with E-state index >= 15 is 0 Å². The molecule has 0 saturated carbocycles. The third-order valence-corrected chi connectivity index (χ3v) is 2.89. The molecular formula is C14H21ClN2O2. The zero-order chi connectivity index (χ0) is 14.3. The fraction of sp³-hybridized carbons (Fsp3) is 0.500. The first-order valence-electron chi connectivity index (χ1n) is 6.42. The molecule has 0 aliphatic rings. The molecule has 0 aromatic heterocycles. The summed E-state index contributed by atoms with van der Waals surface area (Å²) in [4.78, 5) is 11.5. The van der Waals surface area contributed by atoms with Crippen LogP contribution in [0, 0.1) is 0 Å². The van der Waals surface area contributed by atoms with Crippen LogP contribution in [0.1, 0.15) is 26.7 Å². The van der Waals surface area contributed by atoms with E-state index in [1.54, 1.807) is 12.1 Å². The number of rotatable bonds is 7. The number of carbonyl (C=O) groups excluding carboxylic acids is 1. The number of amides is 1. The van der Waals surface area contributed by atoms with Crippen molar-refractivity contribution in [2.75, 3.05) is 6.54 Å². The molecule has 106 valence electrons. The molecule has 0 saturated heterocycles. The van der Waals surface area contributed by atoms with Crippen molar-refractivity contribution in [1.82, 2.24) is 5.32 Å². The predicted molar refractivity (Wildman–Crippen MR) is 77.4 cm³/mol. The van der Waals surface area contributed by atoms with E-state index in [1.807, 2.05) is 26.0 Å². The predicted octanol–water partition coefficient (Wildman–Crippen LogP) is 2.35. The largest absolute Gasteiger partial charge is 0.487 e. The highest BCUT2D eigenvalue weighted by atomic mass is 35.5. The highest BCUT2D eigenvalue weighted by Crippen LogP contribution is 2.23. The maximum absolute atomic E-state index is 11.5. The van der Waals surface area contributed by atoms with Crippen LogP contribution in [0.5, 0.6) is 5.75 Å². The summed E-state index contributed by atoms with van der Waals surface area (Å²) in [5.41, 5.74) is 5.60. The molecule has 1 amide bonds. The van der Waals surface area contributed by atoms with E-state index in [1.165, 1.54) is 0 Å². The van der Waals surface area contributed by atoms with Crippen LogP contribution in [0.3, 0.4) is 0 Å². The Morgan fingerprint density at radius 1 is 1.42 bits per heavy atom. The second-order valence-electron chi connectivity index (χ2n) is 4.68. The Labute approximate surface area is 119 Å². The molecule has 2 atom stereocenters. The molecule has 2 unspecified atom stereocenters. The molecule has 0 bridgehead atoms. The molecule has 3 N–H and O–H groups in total. The van der Waals surface area contributed by atoms with Gasteiger partial charge in [-0.3, -0.25) is 4.79 Å². The normalized spacial score (nSPS) is 13.7. The minimum atomic E-state index is -0.140. The van der Waals surface area contributed by atoms with Crippen molar-refractivity contribution < 1.29 is 9.53 Å². The molecule has 0 spiro atoms. The highest BCUT2D eigenvalue weighted by Gasteiger charge is 2.09. The molecule has 1 rings (SSSR count). The van der Waals surface area contributed by atoms with Crippen molar-refractivity contribution in [3.05, 3.63) is 29.3 Å². The summed E-state index contributed by atoms with van der Waals surface area (Å²) in [5, 5.41) is 3.38. The molecule has 1 aromatic rings. The van der Waals surface area contributed by atoms with Crippen molar-refractivity contribution in [3.8, 4) is 5.75 Å². The van der Waals surface area contributed by atoms with Crippen molar-refractivity contribution >= 4 is 17.5 Å². The summed E-state index contributed by atoms with van der Waals surface area (Å²) >= 11 is 5.99. The van der Waals surface area contributed by atoms with Gasteiger partial charge in [-0.1, -0.05) is 23.7 Å². The first-order chi connectivity index (χ1) is 8.99. The number of ether oxygens (including phenoxy) is 1. The van der Waals surface area contributed by atoms with Gasteiger partial charge in [0.2, 0.25) is 5.91 Å². The molecule has 4 nitrogen and oxygen atoms in total. The fourth-order valence-electron chi connectivity index (χ4n) is 1.50. The summed E-state index contributed by atoms with van der Waals surface area (Å²) in [7, 11) is 0. The van der Waals surface area contributed by atoms with Gasteiger partial charge >= 0.3 is 0 Å². The highest BCUT2D eigenvalue weighted by molar-refractivity contribution is 6.32. The number of nitrogens with two attached hydrogens (primary N) is 1. The molecule has 5 heteroatoms. The lowest BCUT2D eigenvalue weighted by Crippen LogP contribution is -2.34. The number of hydrogen-bond acceptors (Lipinski definition) is 3. The van der Waals surface area contributed by atoms with Crippen molar-refractivity contribution in [3.63, 3.8) is 0 Å². The van der Waals surface area contributed by atoms with Gasteiger partial charge in [0.1, 0.15) is 11.9 Å². The van der Waals surface area contributed by atoms with Crippen molar-refractivity contribution in [2.24, 2.45) is 5.73 Å². The standard InChI is InChI=1S/C14H21ClN2O2/c1-10(16)7-8-14(18)17-9-11(2)19-13-6-4-3-5-12(13)15/h3-6,10-11H,7-9,16H2,1-2H3,(H,17,18). The third kappa shape index (κ3) is 6.45. The Morgan fingerprint density at radius 2 is 2.11 bits per heavy atom. The summed E-state index contributed by atoms with van der Waals surface area (Å²) in [6.07, 6.45) is 0.987. The van der Waals surface area contributed by atoms with Crippen LogP contribution in [0.25, 0.3) is 0 Å². The van der Waals surface area contributed by atoms with Crippen molar-refractivity contribution in [1.29, 1.82) is 0 Å². The number of para-hydroxylation sites is 1. The molecule has 1 aromatic carbocycles. The Balaban J connectivity index is 2.30. The zero-order valence-electron chi connectivity index (χ0n) is 11.4. The van der Waals surface area contributed by atoms with E-state index in [0.717, 1.165) is 0 Å². The van der Waals surface area contributed by atoms with Gasteiger partial charge < -0.3 is 15.8 Å². The van der Waals surface area contributed by atoms with Gasteiger partial charge in [0.25, 0.3) is 0 Å². The van der Waals surface area contributed by atoms with Crippen LogP contribution in [-0.4, -0.2) is 24.6 Å². The Morgan fingerprint density at radius 3 is 2.74 bits per heavy atom. The van der Waals surface area contributed by atoms with Gasteiger partial charge in [-0.25, -0.2) is 0 Å². The molecule has 0 aliphatic carbocycles. The monoisotopic (exact) mass is 284 g/mol. The smallest absolute Gasteiger partial charge is 0.220 e. The second kappa shape index (κ2) is 8.02. The lowest BCUT2D eigenvalue weighted by molar-refractivity contribution is -0.121. The van der Waals surface area contributed by atoms with Gasteiger partial charge in [-0.2, -0.15) is 0 Å². The van der Waals surface area contributed by atoms with E-state index in [2.05, 4.69) is 5.32 Å². The first-order valence-corrected chi connectivity index (χ1v) is 6.80. The maximum atomic E-state index is 11.5. The van der Waals surface area contributed by atoms with Crippen LogP contribution in [-0.2, 0) is 4.79 Å². The van der Waals surface area contributed by atoms with Gasteiger partial charge in [0, 0.05) is 12.5 Å². The summed E-state index contributed by atoms with van der Waals surface area (Å²) in [6, 6.07) is 7.31. The lowest BCUT2D eigenvalue weighted by Gasteiger charge is -2.16. The molecule has 19 heavy (non-hydrogen) atoms. The molecule has 0 heterocycles. The SMILES string of the molecule is CC(N)CCC(=O)NCC(C)Oc1ccccc1Cl. The number of benzene rings is 1. The maximum Gasteiger partial charge on any atom is 0.220 e. The Bertz CT molecular complexity index is 410.